The minimum atomic E-state index is -1.17. The highest BCUT2D eigenvalue weighted by Crippen LogP contribution is 2.25. The second kappa shape index (κ2) is 8.64. The Morgan fingerprint density at radius 3 is 2.46 bits per heavy atom. The largest absolute Gasteiger partial charge is 0.549 e. The molecule has 144 valence electrons. The van der Waals surface area contributed by atoms with Crippen LogP contribution in [-0.2, 0) is 11.8 Å². The van der Waals surface area contributed by atoms with Crippen LogP contribution in [0.3, 0.4) is 0 Å². The van der Waals surface area contributed by atoms with Gasteiger partial charge >= 0.3 is 0 Å². The Morgan fingerprint density at radius 1 is 1.11 bits per heavy atom. The summed E-state index contributed by atoms with van der Waals surface area (Å²) in [6.07, 6.45) is 0. The van der Waals surface area contributed by atoms with Crippen LogP contribution in [0.2, 0.25) is 10.0 Å². The summed E-state index contributed by atoms with van der Waals surface area (Å²) in [7, 11) is 1.74. The van der Waals surface area contributed by atoms with Crippen LogP contribution in [-0.4, -0.2) is 32.4 Å². The molecular formula is C18H13Cl2N4O3S-. The summed E-state index contributed by atoms with van der Waals surface area (Å²) in [5.41, 5.74) is 1.75. The quantitative estimate of drug-likeness (QED) is 0.597. The summed E-state index contributed by atoms with van der Waals surface area (Å²) >= 11 is 12.8. The molecule has 0 unspecified atom stereocenters. The number of rotatable bonds is 6. The summed E-state index contributed by atoms with van der Waals surface area (Å²) in [6, 6.07) is 11.7. The molecule has 1 aromatic heterocycles. The van der Waals surface area contributed by atoms with Crippen LogP contribution in [0.15, 0.2) is 47.6 Å². The minimum absolute atomic E-state index is 0.203. The zero-order chi connectivity index (χ0) is 20.3. The monoisotopic (exact) mass is 435 g/mol. The third-order valence-corrected chi connectivity index (χ3v) is 5.47. The van der Waals surface area contributed by atoms with Crippen LogP contribution >= 0.6 is 35.0 Å². The lowest BCUT2D eigenvalue weighted by Gasteiger charge is -2.08. The Morgan fingerprint density at radius 2 is 1.82 bits per heavy atom. The standard InChI is InChI=1S/C18H14Cl2N4O3S/c1-24-16(22-23-18(24)28-9-15(25)26)10-2-5-12(6-3-10)21-17(27)11-4-7-13(19)14(20)8-11/h2-8H,9H2,1H3,(H,21,27)(H,25,26)/p-1. The van der Waals surface area contributed by atoms with Crippen molar-refractivity contribution in [2.24, 2.45) is 7.05 Å². The predicted octanol–water partition coefficient (Wildman–Crippen LogP) is 2.88. The maximum atomic E-state index is 12.3. The van der Waals surface area contributed by atoms with Crippen molar-refractivity contribution in [1.29, 1.82) is 0 Å². The molecule has 10 heteroatoms. The van der Waals surface area contributed by atoms with Gasteiger partial charge in [-0.3, -0.25) is 4.79 Å². The van der Waals surface area contributed by atoms with E-state index in [4.69, 9.17) is 23.2 Å². The fraction of sp³-hybridized carbons (Fsp3) is 0.111. The van der Waals surface area contributed by atoms with E-state index in [1.54, 1.807) is 48.0 Å². The smallest absolute Gasteiger partial charge is 0.255 e. The van der Waals surface area contributed by atoms with E-state index in [9.17, 15) is 14.7 Å². The molecule has 0 spiro atoms. The van der Waals surface area contributed by atoms with E-state index in [1.165, 1.54) is 6.07 Å². The highest BCUT2D eigenvalue weighted by atomic mass is 35.5. The van der Waals surface area contributed by atoms with Crippen LogP contribution in [0, 0.1) is 0 Å². The van der Waals surface area contributed by atoms with Crippen molar-refractivity contribution in [1.82, 2.24) is 14.8 Å². The highest BCUT2D eigenvalue weighted by molar-refractivity contribution is 7.99. The van der Waals surface area contributed by atoms with Gasteiger partial charge in [0.1, 0.15) is 0 Å². The highest BCUT2D eigenvalue weighted by Gasteiger charge is 2.12. The van der Waals surface area contributed by atoms with Gasteiger partial charge in [0.15, 0.2) is 11.0 Å². The van der Waals surface area contributed by atoms with E-state index < -0.39 is 5.97 Å². The molecule has 0 saturated carbocycles. The second-order valence-corrected chi connectivity index (χ2v) is 7.44. The number of anilines is 1. The number of aromatic nitrogens is 3. The topological polar surface area (TPSA) is 99.9 Å². The summed E-state index contributed by atoms with van der Waals surface area (Å²) in [4.78, 5) is 22.9. The molecule has 0 radical (unpaired) electrons. The van der Waals surface area contributed by atoms with Gasteiger partial charge in [-0.2, -0.15) is 0 Å². The van der Waals surface area contributed by atoms with Crippen LogP contribution in [0.1, 0.15) is 10.4 Å². The van der Waals surface area contributed by atoms with Gasteiger partial charge in [0.25, 0.3) is 5.91 Å². The van der Waals surface area contributed by atoms with Gasteiger partial charge in [0.2, 0.25) is 0 Å². The van der Waals surface area contributed by atoms with Gasteiger partial charge in [0.05, 0.1) is 16.0 Å². The summed E-state index contributed by atoms with van der Waals surface area (Å²) in [5.74, 6) is -1.11. The Bertz CT molecular complexity index is 1040. The van der Waals surface area contributed by atoms with Gasteiger partial charge in [-0.1, -0.05) is 35.0 Å². The van der Waals surface area contributed by atoms with Crippen molar-refractivity contribution in [3.8, 4) is 11.4 Å². The maximum Gasteiger partial charge on any atom is 0.255 e. The number of benzene rings is 2. The van der Waals surface area contributed by atoms with E-state index >= 15 is 0 Å². The number of amides is 1. The van der Waals surface area contributed by atoms with Gasteiger partial charge in [-0.15, -0.1) is 10.2 Å². The number of halogens is 2. The number of hydrogen-bond donors (Lipinski definition) is 1. The lowest BCUT2D eigenvalue weighted by Crippen LogP contribution is -2.24. The first-order valence-electron chi connectivity index (χ1n) is 7.94. The van der Waals surface area contributed by atoms with Crippen LogP contribution in [0.5, 0.6) is 0 Å². The lowest BCUT2D eigenvalue weighted by atomic mass is 10.1. The van der Waals surface area contributed by atoms with Crippen molar-refractivity contribution in [3.05, 3.63) is 58.1 Å². The third-order valence-electron chi connectivity index (χ3n) is 3.74. The zero-order valence-corrected chi connectivity index (χ0v) is 16.8. The van der Waals surface area contributed by atoms with E-state index in [1.807, 2.05) is 0 Å². The van der Waals surface area contributed by atoms with Crippen LogP contribution in [0.4, 0.5) is 5.69 Å². The van der Waals surface area contributed by atoms with Crippen molar-refractivity contribution < 1.29 is 14.7 Å². The van der Waals surface area contributed by atoms with Gasteiger partial charge in [-0.05, 0) is 42.5 Å². The fourth-order valence-corrected chi connectivity index (χ4v) is 3.28. The first kappa shape index (κ1) is 20.2. The number of hydrogen-bond acceptors (Lipinski definition) is 6. The van der Waals surface area contributed by atoms with Gasteiger partial charge < -0.3 is 19.8 Å². The first-order chi connectivity index (χ1) is 13.3. The molecule has 0 aliphatic rings. The maximum absolute atomic E-state index is 12.3. The Hall–Kier alpha value is -2.55. The number of carbonyl (C=O) groups is 2. The zero-order valence-electron chi connectivity index (χ0n) is 14.5. The molecule has 7 nitrogen and oxygen atoms in total. The first-order valence-corrected chi connectivity index (χ1v) is 9.68. The molecule has 0 saturated heterocycles. The fourth-order valence-electron chi connectivity index (χ4n) is 2.36. The third kappa shape index (κ3) is 4.64. The Balaban J connectivity index is 1.72. The molecule has 0 aliphatic heterocycles. The summed E-state index contributed by atoms with van der Waals surface area (Å²) in [6.45, 7) is 0. The minimum Gasteiger partial charge on any atom is -0.549 e. The second-order valence-electron chi connectivity index (χ2n) is 5.69. The molecule has 3 rings (SSSR count). The molecule has 0 atom stereocenters. The Kier molecular flexibility index (Phi) is 6.23. The van der Waals surface area contributed by atoms with E-state index in [0.717, 1.165) is 17.3 Å². The molecule has 28 heavy (non-hydrogen) atoms. The molecule has 0 bridgehead atoms. The molecule has 1 amide bonds. The van der Waals surface area contributed by atoms with Crippen molar-refractivity contribution in [2.75, 3.05) is 11.1 Å². The molecule has 2 aromatic carbocycles. The van der Waals surface area contributed by atoms with Crippen LogP contribution < -0.4 is 10.4 Å². The Labute approximate surface area is 174 Å². The number of carbonyl (C=O) groups excluding carboxylic acids is 2. The van der Waals surface area contributed by atoms with Gasteiger partial charge in [0, 0.05) is 29.6 Å². The van der Waals surface area contributed by atoms with Crippen molar-refractivity contribution in [3.63, 3.8) is 0 Å². The van der Waals surface area contributed by atoms with E-state index in [-0.39, 0.29) is 11.7 Å². The summed E-state index contributed by atoms with van der Waals surface area (Å²) in [5, 5.41) is 22.6. The number of nitrogens with zero attached hydrogens (tertiary/aromatic N) is 3. The van der Waals surface area contributed by atoms with E-state index in [0.29, 0.717) is 32.3 Å². The average molecular weight is 436 g/mol. The normalized spacial score (nSPS) is 10.7. The van der Waals surface area contributed by atoms with Crippen molar-refractivity contribution >= 4 is 52.5 Å². The summed E-state index contributed by atoms with van der Waals surface area (Å²) < 4.78 is 1.69. The predicted molar refractivity (Wildman–Crippen MR) is 107 cm³/mol. The molecule has 1 heterocycles. The molecular weight excluding hydrogens is 423 g/mol. The number of carboxylic acid groups (broad SMARTS) is 1. The van der Waals surface area contributed by atoms with E-state index in [2.05, 4.69) is 15.5 Å². The molecule has 3 aromatic rings. The molecule has 0 fully saturated rings. The van der Waals surface area contributed by atoms with Gasteiger partial charge in [-0.25, -0.2) is 0 Å². The SMILES string of the molecule is Cn1c(SCC(=O)[O-])nnc1-c1ccc(NC(=O)c2ccc(Cl)c(Cl)c2)cc1. The molecule has 1 N–H and O–H groups in total. The average Bonchev–Trinajstić information content (AvgIpc) is 3.03. The van der Waals surface area contributed by atoms with Crippen LogP contribution in [0.25, 0.3) is 11.4 Å². The number of thioether (sulfide) groups is 1. The number of carboxylic acids is 1. The number of aliphatic carboxylic acids is 1. The molecule has 0 aliphatic carbocycles. The number of nitrogens with one attached hydrogen (secondary N) is 1. The lowest BCUT2D eigenvalue weighted by molar-refractivity contribution is -0.301. The van der Waals surface area contributed by atoms with Crippen molar-refractivity contribution in [2.45, 2.75) is 5.16 Å².